The Balaban J connectivity index is 1.99. The van der Waals surface area contributed by atoms with Crippen LogP contribution in [-0.2, 0) is 11.3 Å². The number of nitrogens with one attached hydrogen (secondary N) is 1. The number of urea groups is 1. The number of likely N-dealkylation sites (N-methyl/N-ethyl adjacent to an activating group) is 1. The highest BCUT2D eigenvalue weighted by molar-refractivity contribution is 9.10. The summed E-state index contributed by atoms with van der Waals surface area (Å²) in [4.78, 5) is 28.1. The van der Waals surface area contributed by atoms with Gasteiger partial charge >= 0.3 is 12.1 Å². The largest absolute Gasteiger partial charge is 0.496 e. The van der Waals surface area contributed by atoms with Crippen molar-refractivity contribution in [2.75, 3.05) is 33.1 Å². The van der Waals surface area contributed by atoms with Gasteiger partial charge in [-0.1, -0.05) is 41.1 Å². The van der Waals surface area contributed by atoms with Gasteiger partial charge in [0.25, 0.3) is 0 Å². The van der Waals surface area contributed by atoms with Gasteiger partial charge in [0.2, 0.25) is 0 Å². The molecule has 3 amide bonds. The third-order valence-electron chi connectivity index (χ3n) is 4.92. The first-order valence-corrected chi connectivity index (χ1v) is 11.6. The molecule has 1 N–H and O–H groups in total. The Morgan fingerprint density at radius 2 is 1.79 bits per heavy atom. The highest BCUT2D eigenvalue weighted by Gasteiger charge is 2.20. The number of amides is 3. The molecule has 0 aliphatic heterocycles. The SMILES string of the molecule is COc1cc(Br)ccc1[C@@H](C)CN(C)C(=O)Nc1cccc(CN(C)C(=O)OC(C)(C)C)c1. The fourth-order valence-electron chi connectivity index (χ4n) is 3.33. The first kappa shape index (κ1) is 26.5. The number of hydrogen-bond donors (Lipinski definition) is 1. The third-order valence-corrected chi connectivity index (χ3v) is 5.42. The number of rotatable bonds is 7. The number of benzene rings is 2. The molecule has 33 heavy (non-hydrogen) atoms. The van der Waals surface area contributed by atoms with Crippen LogP contribution in [0.1, 0.15) is 44.7 Å². The fourth-order valence-corrected chi connectivity index (χ4v) is 3.67. The number of carbonyl (C=O) groups excluding carboxylic acids is 2. The average molecular weight is 520 g/mol. The second-order valence-electron chi connectivity index (χ2n) is 9.13. The van der Waals surface area contributed by atoms with Crippen molar-refractivity contribution >= 4 is 33.7 Å². The second-order valence-corrected chi connectivity index (χ2v) is 10.1. The molecule has 0 saturated heterocycles. The molecule has 0 aromatic heterocycles. The van der Waals surface area contributed by atoms with E-state index in [4.69, 9.17) is 9.47 Å². The van der Waals surface area contributed by atoms with E-state index in [1.807, 2.05) is 63.2 Å². The van der Waals surface area contributed by atoms with Crippen LogP contribution >= 0.6 is 15.9 Å². The molecule has 0 saturated carbocycles. The smallest absolute Gasteiger partial charge is 0.410 e. The van der Waals surface area contributed by atoms with Gasteiger partial charge in [0, 0.05) is 43.3 Å². The summed E-state index contributed by atoms with van der Waals surface area (Å²) in [5, 5.41) is 2.93. The number of halogens is 1. The van der Waals surface area contributed by atoms with Crippen LogP contribution < -0.4 is 10.1 Å². The van der Waals surface area contributed by atoms with Crippen molar-refractivity contribution in [1.29, 1.82) is 0 Å². The highest BCUT2D eigenvalue weighted by Crippen LogP contribution is 2.30. The molecule has 0 aliphatic rings. The van der Waals surface area contributed by atoms with Crippen molar-refractivity contribution in [2.45, 2.75) is 45.8 Å². The predicted octanol–water partition coefficient (Wildman–Crippen LogP) is 6.09. The van der Waals surface area contributed by atoms with E-state index in [0.29, 0.717) is 18.8 Å². The summed E-state index contributed by atoms with van der Waals surface area (Å²) in [6, 6.07) is 13.1. The Hall–Kier alpha value is -2.74. The zero-order valence-electron chi connectivity index (χ0n) is 20.4. The Morgan fingerprint density at radius 1 is 1.09 bits per heavy atom. The first-order valence-electron chi connectivity index (χ1n) is 10.8. The van der Waals surface area contributed by atoms with Crippen LogP contribution in [-0.4, -0.2) is 55.3 Å². The maximum Gasteiger partial charge on any atom is 0.410 e. The highest BCUT2D eigenvalue weighted by atomic mass is 79.9. The van der Waals surface area contributed by atoms with Crippen molar-refractivity contribution in [2.24, 2.45) is 0 Å². The van der Waals surface area contributed by atoms with Gasteiger partial charge in [-0.25, -0.2) is 9.59 Å². The molecule has 180 valence electrons. The summed E-state index contributed by atoms with van der Waals surface area (Å²) in [5.41, 5.74) is 2.03. The van der Waals surface area contributed by atoms with Crippen LogP contribution in [0.2, 0.25) is 0 Å². The van der Waals surface area contributed by atoms with Crippen molar-refractivity contribution in [3.63, 3.8) is 0 Å². The van der Waals surface area contributed by atoms with Gasteiger partial charge in [-0.2, -0.15) is 0 Å². The molecule has 2 rings (SSSR count). The third kappa shape index (κ3) is 8.28. The van der Waals surface area contributed by atoms with Crippen LogP contribution in [0.3, 0.4) is 0 Å². The summed E-state index contributed by atoms with van der Waals surface area (Å²) in [5.74, 6) is 0.866. The molecule has 7 nitrogen and oxygen atoms in total. The fraction of sp³-hybridized carbons (Fsp3) is 0.440. The Bertz CT molecular complexity index is 974. The molecule has 1 atom stereocenters. The summed E-state index contributed by atoms with van der Waals surface area (Å²) < 4.78 is 11.8. The molecule has 0 bridgehead atoms. The van der Waals surface area contributed by atoms with Crippen LogP contribution in [0.15, 0.2) is 46.9 Å². The minimum absolute atomic E-state index is 0.0811. The van der Waals surface area contributed by atoms with Gasteiger partial charge in [0.15, 0.2) is 0 Å². The molecule has 0 radical (unpaired) electrons. The minimum atomic E-state index is -0.552. The van der Waals surface area contributed by atoms with Gasteiger partial charge in [-0.15, -0.1) is 0 Å². The zero-order valence-corrected chi connectivity index (χ0v) is 22.0. The molecule has 0 unspecified atom stereocenters. The Morgan fingerprint density at radius 3 is 2.42 bits per heavy atom. The van der Waals surface area contributed by atoms with Gasteiger partial charge in [0.05, 0.1) is 7.11 Å². The number of ether oxygens (including phenoxy) is 2. The van der Waals surface area contributed by atoms with Crippen LogP contribution in [0.5, 0.6) is 5.75 Å². The lowest BCUT2D eigenvalue weighted by Gasteiger charge is -2.25. The summed E-state index contributed by atoms with van der Waals surface area (Å²) in [6.07, 6.45) is -0.394. The topological polar surface area (TPSA) is 71.1 Å². The zero-order chi connectivity index (χ0) is 24.8. The van der Waals surface area contributed by atoms with Crippen molar-refractivity contribution in [3.05, 3.63) is 58.1 Å². The molecule has 0 heterocycles. The summed E-state index contributed by atoms with van der Waals surface area (Å²) in [6.45, 7) is 8.44. The van der Waals surface area contributed by atoms with Crippen molar-refractivity contribution < 1.29 is 19.1 Å². The number of anilines is 1. The molecule has 8 heteroatoms. The lowest BCUT2D eigenvalue weighted by Crippen LogP contribution is -2.34. The van der Waals surface area contributed by atoms with E-state index in [9.17, 15) is 9.59 Å². The van der Waals surface area contributed by atoms with E-state index in [2.05, 4.69) is 28.2 Å². The summed E-state index contributed by atoms with van der Waals surface area (Å²) >= 11 is 3.46. The van der Waals surface area contributed by atoms with Gasteiger partial charge < -0.3 is 24.6 Å². The molecule has 2 aromatic carbocycles. The Labute approximate surface area is 205 Å². The standard InChI is InChI=1S/C25H34BrN3O4/c1-17(21-12-11-19(26)14-22(21)32-7)15-28(5)23(30)27-20-10-8-9-18(13-20)16-29(6)24(31)33-25(2,3)4/h8-14,17H,15-16H2,1-7H3,(H,27,30)/t17-/m0/s1. The lowest BCUT2D eigenvalue weighted by atomic mass is 10.00. The van der Waals surface area contributed by atoms with E-state index in [1.54, 1.807) is 26.1 Å². The monoisotopic (exact) mass is 519 g/mol. The predicted molar refractivity (Wildman–Crippen MR) is 135 cm³/mol. The van der Waals surface area contributed by atoms with E-state index in [1.165, 1.54) is 4.90 Å². The number of carbonyl (C=O) groups is 2. The Kier molecular flexibility index (Phi) is 9.16. The number of nitrogens with zero attached hydrogens (tertiary/aromatic N) is 2. The second kappa shape index (κ2) is 11.4. The molecule has 0 fully saturated rings. The maximum atomic E-state index is 12.8. The first-order chi connectivity index (χ1) is 15.4. The lowest BCUT2D eigenvalue weighted by molar-refractivity contribution is 0.0285. The van der Waals surface area contributed by atoms with E-state index < -0.39 is 11.7 Å². The summed E-state index contributed by atoms with van der Waals surface area (Å²) in [7, 11) is 5.09. The van der Waals surface area contributed by atoms with Gasteiger partial charge in [0.1, 0.15) is 11.4 Å². The van der Waals surface area contributed by atoms with Gasteiger partial charge in [-0.05, 0) is 56.2 Å². The number of methoxy groups -OCH3 is 1. The van der Waals surface area contributed by atoms with E-state index >= 15 is 0 Å². The molecular formula is C25H34BrN3O4. The molecule has 0 spiro atoms. The van der Waals surface area contributed by atoms with Crippen molar-refractivity contribution in [1.82, 2.24) is 9.80 Å². The minimum Gasteiger partial charge on any atom is -0.496 e. The van der Waals surface area contributed by atoms with E-state index in [-0.39, 0.29) is 11.9 Å². The molecular weight excluding hydrogens is 486 g/mol. The average Bonchev–Trinajstić information content (AvgIpc) is 2.72. The quantitative estimate of drug-likeness (QED) is 0.480. The molecule has 2 aromatic rings. The normalized spacial score (nSPS) is 12.0. The van der Waals surface area contributed by atoms with E-state index in [0.717, 1.165) is 21.3 Å². The van der Waals surface area contributed by atoms with Crippen LogP contribution in [0.4, 0.5) is 15.3 Å². The van der Waals surface area contributed by atoms with Gasteiger partial charge in [-0.3, -0.25) is 0 Å². The number of hydrogen-bond acceptors (Lipinski definition) is 4. The maximum absolute atomic E-state index is 12.8. The van der Waals surface area contributed by atoms with Crippen molar-refractivity contribution in [3.8, 4) is 5.75 Å². The molecule has 0 aliphatic carbocycles. The van der Waals surface area contributed by atoms with Crippen LogP contribution in [0.25, 0.3) is 0 Å². The van der Waals surface area contributed by atoms with Crippen LogP contribution in [0, 0.1) is 0 Å².